The Labute approximate surface area is 109 Å². The highest BCUT2D eigenvalue weighted by atomic mass is 32.2. The Morgan fingerprint density at radius 1 is 1.56 bits per heavy atom. The van der Waals surface area contributed by atoms with Gasteiger partial charge in [0.05, 0.1) is 17.2 Å². The van der Waals surface area contributed by atoms with Crippen LogP contribution >= 0.6 is 11.8 Å². The van der Waals surface area contributed by atoms with E-state index < -0.39 is 0 Å². The fourth-order valence-corrected chi connectivity index (χ4v) is 2.00. The molecule has 0 unspecified atom stereocenters. The van der Waals surface area contributed by atoms with Crippen LogP contribution in [-0.4, -0.2) is 22.8 Å². The zero-order chi connectivity index (χ0) is 13.0. The number of ether oxygens (including phenoxy) is 1. The number of aromatic hydroxyl groups is 1. The smallest absolute Gasteiger partial charge is 0.289 e. The molecule has 0 aliphatic carbocycles. The number of hydrogen-bond acceptors (Lipinski definition) is 5. The SMILES string of the molecule is CCO/C=C1\SC(=O)NC1=Nc1cccc(O)c1. The third-order valence-electron chi connectivity index (χ3n) is 2.08. The number of amides is 1. The summed E-state index contributed by atoms with van der Waals surface area (Å²) in [5.41, 5.74) is 0.565. The van der Waals surface area contributed by atoms with Gasteiger partial charge in [-0.15, -0.1) is 0 Å². The number of nitrogens with one attached hydrogen (secondary N) is 1. The number of benzene rings is 1. The van der Waals surface area contributed by atoms with Gasteiger partial charge in [-0.3, -0.25) is 4.79 Å². The molecule has 0 radical (unpaired) electrons. The second-order valence-corrected chi connectivity index (χ2v) is 4.45. The van der Waals surface area contributed by atoms with E-state index in [1.165, 1.54) is 12.3 Å². The number of phenolic OH excluding ortho intramolecular Hbond substituents is 1. The van der Waals surface area contributed by atoms with Gasteiger partial charge < -0.3 is 15.2 Å². The molecule has 5 nitrogen and oxygen atoms in total. The first-order valence-corrected chi connectivity index (χ1v) is 6.19. The molecule has 18 heavy (non-hydrogen) atoms. The second-order valence-electron chi connectivity index (χ2n) is 3.43. The molecule has 1 aliphatic rings. The van der Waals surface area contributed by atoms with Gasteiger partial charge >= 0.3 is 0 Å². The molecule has 2 N–H and O–H groups in total. The molecule has 0 saturated carbocycles. The van der Waals surface area contributed by atoms with Gasteiger partial charge in [0.1, 0.15) is 12.0 Å². The lowest BCUT2D eigenvalue weighted by atomic mass is 10.3. The summed E-state index contributed by atoms with van der Waals surface area (Å²) >= 11 is 1.03. The normalized spacial score (nSPS) is 19.3. The van der Waals surface area contributed by atoms with Gasteiger partial charge in [-0.2, -0.15) is 0 Å². The number of aliphatic imine (C=N–C) groups is 1. The molecule has 0 atom stereocenters. The first-order chi connectivity index (χ1) is 8.69. The number of rotatable bonds is 3. The summed E-state index contributed by atoms with van der Waals surface area (Å²) in [6.07, 6.45) is 1.50. The Kier molecular flexibility index (Phi) is 3.88. The molecule has 2 rings (SSSR count). The minimum absolute atomic E-state index is 0.129. The van der Waals surface area contributed by atoms with Crippen LogP contribution in [0.1, 0.15) is 6.92 Å². The van der Waals surface area contributed by atoms with Crippen molar-refractivity contribution >= 4 is 28.5 Å². The van der Waals surface area contributed by atoms with E-state index in [0.29, 0.717) is 23.0 Å². The zero-order valence-electron chi connectivity index (χ0n) is 9.71. The van der Waals surface area contributed by atoms with Crippen LogP contribution in [0.15, 0.2) is 40.4 Å². The molecule has 0 bridgehead atoms. The van der Waals surface area contributed by atoms with Gasteiger partial charge in [0, 0.05) is 6.07 Å². The maximum Gasteiger partial charge on any atom is 0.289 e. The minimum Gasteiger partial charge on any atom is -0.508 e. The first kappa shape index (κ1) is 12.5. The third kappa shape index (κ3) is 3.04. The van der Waals surface area contributed by atoms with Crippen molar-refractivity contribution in [2.24, 2.45) is 4.99 Å². The van der Waals surface area contributed by atoms with E-state index in [1.54, 1.807) is 18.2 Å². The summed E-state index contributed by atoms with van der Waals surface area (Å²) < 4.78 is 5.15. The van der Waals surface area contributed by atoms with Crippen LogP contribution in [0.5, 0.6) is 5.75 Å². The van der Waals surface area contributed by atoms with Crippen LogP contribution in [-0.2, 0) is 4.74 Å². The van der Waals surface area contributed by atoms with Crippen LogP contribution in [0, 0.1) is 0 Å². The molecule has 1 aromatic carbocycles. The largest absolute Gasteiger partial charge is 0.508 e. The first-order valence-electron chi connectivity index (χ1n) is 5.37. The highest BCUT2D eigenvalue weighted by molar-refractivity contribution is 8.18. The number of hydrogen-bond donors (Lipinski definition) is 2. The lowest BCUT2D eigenvalue weighted by molar-refractivity contribution is 0.265. The average molecular weight is 264 g/mol. The van der Waals surface area contributed by atoms with Crippen LogP contribution in [0.4, 0.5) is 10.5 Å². The van der Waals surface area contributed by atoms with E-state index in [0.717, 1.165) is 11.8 Å². The van der Waals surface area contributed by atoms with E-state index in [-0.39, 0.29) is 11.0 Å². The molecule has 1 amide bonds. The molecule has 0 aromatic heterocycles. The highest BCUT2D eigenvalue weighted by Crippen LogP contribution is 2.27. The summed E-state index contributed by atoms with van der Waals surface area (Å²) in [5.74, 6) is 0.563. The lowest BCUT2D eigenvalue weighted by Crippen LogP contribution is -2.18. The van der Waals surface area contributed by atoms with Crippen molar-refractivity contribution in [1.82, 2.24) is 5.32 Å². The van der Waals surface area contributed by atoms with Gasteiger partial charge in [0.2, 0.25) is 0 Å². The Hall–Kier alpha value is -1.95. The maximum absolute atomic E-state index is 11.3. The molecular formula is C12H12N2O3S. The molecular weight excluding hydrogens is 252 g/mol. The van der Waals surface area contributed by atoms with Crippen molar-refractivity contribution in [1.29, 1.82) is 0 Å². The van der Waals surface area contributed by atoms with Crippen molar-refractivity contribution in [2.75, 3.05) is 6.61 Å². The van der Waals surface area contributed by atoms with Crippen LogP contribution in [0.2, 0.25) is 0 Å². The van der Waals surface area contributed by atoms with E-state index >= 15 is 0 Å². The molecule has 1 fully saturated rings. The van der Waals surface area contributed by atoms with E-state index in [2.05, 4.69) is 10.3 Å². The van der Waals surface area contributed by atoms with Gasteiger partial charge in [-0.05, 0) is 30.8 Å². The zero-order valence-corrected chi connectivity index (χ0v) is 10.5. The number of carbonyl (C=O) groups is 1. The number of amidine groups is 1. The van der Waals surface area contributed by atoms with Crippen LogP contribution in [0.25, 0.3) is 0 Å². The number of thioether (sulfide) groups is 1. The Morgan fingerprint density at radius 3 is 3.11 bits per heavy atom. The van der Waals surface area contributed by atoms with E-state index in [4.69, 9.17) is 4.74 Å². The molecule has 0 spiro atoms. The summed E-state index contributed by atoms with van der Waals surface area (Å²) in [6, 6.07) is 6.49. The summed E-state index contributed by atoms with van der Waals surface area (Å²) in [5, 5.41) is 11.8. The van der Waals surface area contributed by atoms with E-state index in [9.17, 15) is 9.90 Å². The summed E-state index contributed by atoms with van der Waals surface area (Å²) in [7, 11) is 0. The van der Waals surface area contributed by atoms with Gasteiger partial charge in [-0.1, -0.05) is 6.07 Å². The minimum atomic E-state index is -0.195. The molecule has 1 aliphatic heterocycles. The maximum atomic E-state index is 11.3. The lowest BCUT2D eigenvalue weighted by Gasteiger charge is -2.00. The molecule has 1 saturated heterocycles. The Morgan fingerprint density at radius 2 is 2.39 bits per heavy atom. The van der Waals surface area contributed by atoms with Gasteiger partial charge in [-0.25, -0.2) is 4.99 Å². The predicted molar refractivity (Wildman–Crippen MR) is 71.0 cm³/mol. The quantitative estimate of drug-likeness (QED) is 0.823. The monoisotopic (exact) mass is 264 g/mol. The number of nitrogens with zero attached hydrogens (tertiary/aromatic N) is 1. The third-order valence-corrected chi connectivity index (χ3v) is 2.88. The fourth-order valence-electron chi connectivity index (χ4n) is 1.35. The van der Waals surface area contributed by atoms with Crippen LogP contribution < -0.4 is 5.32 Å². The van der Waals surface area contributed by atoms with Crippen LogP contribution in [0.3, 0.4) is 0 Å². The van der Waals surface area contributed by atoms with E-state index in [1.807, 2.05) is 6.92 Å². The topological polar surface area (TPSA) is 70.9 Å². The van der Waals surface area contributed by atoms with Crippen molar-refractivity contribution in [3.63, 3.8) is 0 Å². The van der Waals surface area contributed by atoms with Crippen molar-refractivity contribution in [2.45, 2.75) is 6.92 Å². The molecule has 6 heteroatoms. The van der Waals surface area contributed by atoms with Crippen molar-refractivity contribution in [3.05, 3.63) is 35.4 Å². The number of carbonyl (C=O) groups excluding carboxylic acids is 1. The average Bonchev–Trinajstić information content (AvgIpc) is 2.67. The molecule has 1 aromatic rings. The van der Waals surface area contributed by atoms with Gasteiger partial charge in [0.15, 0.2) is 5.84 Å². The fraction of sp³-hybridized carbons (Fsp3) is 0.167. The molecule has 94 valence electrons. The highest BCUT2D eigenvalue weighted by Gasteiger charge is 2.24. The summed E-state index contributed by atoms with van der Waals surface area (Å²) in [6.45, 7) is 2.38. The van der Waals surface area contributed by atoms with Crippen molar-refractivity contribution in [3.8, 4) is 5.75 Å². The standard InChI is InChI=1S/C12H12N2O3S/c1-2-17-7-10-11(14-12(16)18-10)13-8-4-3-5-9(15)6-8/h3-7,15H,2H2,1H3,(H,13,14,16)/b10-7-. The number of phenols is 1. The second kappa shape index (κ2) is 5.59. The Balaban J connectivity index is 2.27. The summed E-state index contributed by atoms with van der Waals surface area (Å²) in [4.78, 5) is 16.2. The Bertz CT molecular complexity index is 526. The predicted octanol–water partition coefficient (Wildman–Crippen LogP) is 2.76. The molecule has 1 heterocycles. The van der Waals surface area contributed by atoms with Crippen molar-refractivity contribution < 1.29 is 14.6 Å². The van der Waals surface area contributed by atoms with Gasteiger partial charge in [0.25, 0.3) is 5.24 Å².